The summed E-state index contributed by atoms with van der Waals surface area (Å²) in [7, 11) is -2.41. The third kappa shape index (κ3) is 9.52. The predicted molar refractivity (Wildman–Crippen MR) is 257 cm³/mol. The van der Waals surface area contributed by atoms with E-state index in [0.717, 1.165) is 85.9 Å². The molecule has 20 heteroatoms. The number of benzene rings is 3. The number of aryl methyl sites for hydroxylation is 1. The molecule has 3 fully saturated rings. The molecule has 1 aromatic heterocycles. The van der Waals surface area contributed by atoms with Gasteiger partial charge in [-0.05, 0) is 94.0 Å². The number of imide groups is 2. The molecule has 4 aromatic rings. The van der Waals surface area contributed by atoms with Crippen LogP contribution >= 0.6 is 0 Å². The Kier molecular flexibility index (Phi) is 13.5. The number of rotatable bonds is 14. The molecule has 6 heterocycles. The first-order chi connectivity index (χ1) is 33.2. The Hall–Kier alpha value is -6.77. The number of amides is 6. The van der Waals surface area contributed by atoms with E-state index in [1.54, 1.807) is 61.6 Å². The van der Waals surface area contributed by atoms with E-state index in [1.807, 2.05) is 17.9 Å². The van der Waals surface area contributed by atoms with Gasteiger partial charge >= 0.3 is 0 Å². The van der Waals surface area contributed by atoms with Gasteiger partial charge in [0.05, 0.1) is 47.1 Å². The maximum absolute atomic E-state index is 13.9. The fraction of sp³-hybridized carbons (Fsp3) is 0.429. The Morgan fingerprint density at radius 3 is 2.33 bits per heavy atom. The molecular formula is C49H56N10O9S. The third-order valence-corrected chi connectivity index (χ3v) is 14.8. The second-order valence-electron chi connectivity index (χ2n) is 18.1. The van der Waals surface area contributed by atoms with E-state index in [-0.39, 0.29) is 47.5 Å². The van der Waals surface area contributed by atoms with Crippen molar-refractivity contribution in [2.24, 2.45) is 0 Å². The van der Waals surface area contributed by atoms with Crippen molar-refractivity contribution >= 4 is 74.3 Å². The molecule has 6 amide bonds. The van der Waals surface area contributed by atoms with Gasteiger partial charge < -0.3 is 24.8 Å². The minimum absolute atomic E-state index is 0.00673. The zero-order chi connectivity index (χ0) is 48.6. The van der Waals surface area contributed by atoms with Crippen molar-refractivity contribution in [1.29, 1.82) is 0 Å². The van der Waals surface area contributed by atoms with E-state index in [0.29, 0.717) is 60.3 Å². The summed E-state index contributed by atoms with van der Waals surface area (Å²) < 4.78 is 33.5. The van der Waals surface area contributed by atoms with Crippen molar-refractivity contribution in [3.05, 3.63) is 94.7 Å². The number of carbonyl (C=O) groups is 6. The number of aromatic nitrogens is 2. The number of fused-ring (bicyclic) bond motifs is 3. The number of piperazine rings is 1. The lowest BCUT2D eigenvalue weighted by Crippen LogP contribution is -2.54. The van der Waals surface area contributed by atoms with E-state index < -0.39 is 45.6 Å². The molecule has 362 valence electrons. The number of hydrogen-bond acceptors (Lipinski definition) is 14. The Morgan fingerprint density at radius 2 is 1.59 bits per heavy atom. The van der Waals surface area contributed by atoms with Gasteiger partial charge in [-0.2, -0.15) is 4.98 Å². The quantitative estimate of drug-likeness (QED) is 0.133. The number of nitrogens with zero attached hydrogens (tertiary/aromatic N) is 8. The molecule has 0 aliphatic carbocycles. The highest BCUT2D eigenvalue weighted by Gasteiger charge is 2.45. The summed E-state index contributed by atoms with van der Waals surface area (Å²) in [4.78, 5) is 96.4. The molecule has 2 N–H and O–H groups in total. The van der Waals surface area contributed by atoms with Crippen molar-refractivity contribution in [1.82, 2.24) is 34.9 Å². The Bertz CT molecular complexity index is 2830. The number of nitrogens with one attached hydrogen (secondary N) is 2. The monoisotopic (exact) mass is 960 g/mol. The van der Waals surface area contributed by atoms with Crippen LogP contribution in [0.1, 0.15) is 98.9 Å². The highest BCUT2D eigenvalue weighted by molar-refractivity contribution is 7.92. The van der Waals surface area contributed by atoms with Gasteiger partial charge in [-0.1, -0.05) is 30.7 Å². The molecular weight excluding hydrogens is 905 g/mol. The van der Waals surface area contributed by atoms with Crippen LogP contribution in [-0.2, 0) is 26.0 Å². The zero-order valence-corrected chi connectivity index (χ0v) is 39.8. The van der Waals surface area contributed by atoms with Crippen LogP contribution in [0, 0.1) is 0 Å². The molecule has 0 saturated carbocycles. The second-order valence-corrected chi connectivity index (χ2v) is 19.9. The topological polar surface area (TPSA) is 215 Å². The van der Waals surface area contributed by atoms with Crippen molar-refractivity contribution in [3.8, 4) is 5.75 Å². The average Bonchev–Trinajstić information content (AvgIpc) is 3.54. The Labute approximate surface area is 400 Å². The Morgan fingerprint density at radius 1 is 0.841 bits per heavy atom. The number of anilines is 5. The lowest BCUT2D eigenvalue weighted by Gasteiger charge is -2.42. The van der Waals surface area contributed by atoms with E-state index in [4.69, 9.17) is 4.74 Å². The van der Waals surface area contributed by atoms with Crippen LogP contribution in [0.5, 0.6) is 5.75 Å². The second kappa shape index (κ2) is 19.7. The highest BCUT2D eigenvalue weighted by atomic mass is 32.2. The third-order valence-electron chi connectivity index (χ3n) is 13.7. The van der Waals surface area contributed by atoms with Crippen LogP contribution in [-0.4, -0.2) is 151 Å². The number of unbranched alkanes of at least 4 members (excludes halogenated alkanes) is 2. The zero-order valence-electron chi connectivity index (χ0n) is 39.0. The van der Waals surface area contributed by atoms with Gasteiger partial charge in [-0.25, -0.2) is 17.7 Å². The van der Waals surface area contributed by atoms with Crippen LogP contribution in [0.3, 0.4) is 0 Å². The van der Waals surface area contributed by atoms with Gasteiger partial charge in [0.15, 0.2) is 5.82 Å². The molecule has 3 saturated heterocycles. The number of para-hydroxylation sites is 1. The van der Waals surface area contributed by atoms with Crippen molar-refractivity contribution in [3.63, 3.8) is 0 Å². The van der Waals surface area contributed by atoms with Gasteiger partial charge in [0.2, 0.25) is 27.8 Å². The van der Waals surface area contributed by atoms with Gasteiger partial charge in [-0.15, -0.1) is 0 Å². The maximum Gasteiger partial charge on any atom is 0.262 e. The van der Waals surface area contributed by atoms with Crippen LogP contribution in [0.25, 0.3) is 0 Å². The van der Waals surface area contributed by atoms with E-state index in [1.165, 1.54) is 11.1 Å². The molecule has 0 spiro atoms. The first-order valence-electron chi connectivity index (χ1n) is 23.6. The van der Waals surface area contributed by atoms with Crippen LogP contribution < -0.4 is 24.6 Å². The van der Waals surface area contributed by atoms with Gasteiger partial charge in [0, 0.05) is 64.3 Å². The molecule has 1 atom stereocenters. The summed E-state index contributed by atoms with van der Waals surface area (Å²) in [5.74, 6) is -1.97. The van der Waals surface area contributed by atoms with Gasteiger partial charge in [0.1, 0.15) is 17.5 Å². The predicted octanol–water partition coefficient (Wildman–Crippen LogP) is 4.34. The van der Waals surface area contributed by atoms with Crippen molar-refractivity contribution < 1.29 is 41.9 Å². The smallest absolute Gasteiger partial charge is 0.262 e. The fourth-order valence-corrected chi connectivity index (χ4v) is 11.1. The number of sulfonamides is 1. The Balaban J connectivity index is 0.744. The first kappa shape index (κ1) is 47.3. The van der Waals surface area contributed by atoms with Gasteiger partial charge in [-0.3, -0.25) is 43.9 Å². The summed E-state index contributed by atoms with van der Waals surface area (Å²) in [6, 6.07) is 16.3. The van der Waals surface area contributed by atoms with Crippen molar-refractivity contribution in [2.75, 3.05) is 80.2 Å². The fourth-order valence-electron chi connectivity index (χ4n) is 10.1. The summed E-state index contributed by atoms with van der Waals surface area (Å²) in [6.07, 6.45) is 7.90. The molecule has 19 nitrogen and oxygen atoms in total. The number of piperidine rings is 2. The summed E-state index contributed by atoms with van der Waals surface area (Å²) >= 11 is 0. The lowest BCUT2D eigenvalue weighted by atomic mass is 9.98. The van der Waals surface area contributed by atoms with E-state index >= 15 is 0 Å². The first-order valence-corrected chi connectivity index (χ1v) is 25.4. The summed E-state index contributed by atoms with van der Waals surface area (Å²) in [6.45, 7) is 8.26. The SMILES string of the molecule is CCOc1cc(C(=O)N2CCC(N3CCN(CCCCCc4cccc5c4C(=O)N(C4CCC(=O)NC4=O)C5=O)CC3)CC2)ccc1Nc1ncc2c(n1)N(S(C)(=O)=O)c1ccccc1C(=O)N2C. The highest BCUT2D eigenvalue weighted by Crippen LogP contribution is 2.41. The molecule has 5 aliphatic rings. The molecule has 0 radical (unpaired) electrons. The minimum atomic E-state index is -3.95. The minimum Gasteiger partial charge on any atom is -0.492 e. The average molecular weight is 961 g/mol. The molecule has 5 aliphatic heterocycles. The molecule has 0 bridgehead atoms. The normalized spacial score (nSPS) is 19.3. The van der Waals surface area contributed by atoms with Crippen LogP contribution in [0.2, 0.25) is 0 Å². The molecule has 9 rings (SSSR count). The lowest BCUT2D eigenvalue weighted by molar-refractivity contribution is -0.136. The molecule has 3 aromatic carbocycles. The summed E-state index contributed by atoms with van der Waals surface area (Å²) in [5.41, 5.74) is 3.06. The standard InChI is InChI=1S/C49H56N10O9S/c1-4-68-40-29-32(16-17-36(40)51-49-50-30-39-43(53-49)59(69(3,66)67)37-15-8-7-13-34(37)46(63)54(39)2)45(62)57-23-20-33(21-24-57)56-27-25-55(26-28-56)22-9-5-6-11-31-12-10-14-35-42(31)48(65)58(47(35)64)38-18-19-41(60)52-44(38)61/h7-8,10,12-17,29-30,33,38H,4-6,9,11,18-28H2,1-3H3,(H,50,51,53)(H,52,60,61). The summed E-state index contributed by atoms with van der Waals surface area (Å²) in [5, 5.41) is 5.39. The van der Waals surface area contributed by atoms with Crippen LogP contribution in [0.15, 0.2) is 66.9 Å². The van der Waals surface area contributed by atoms with Crippen LogP contribution in [0.4, 0.5) is 28.8 Å². The molecule has 1 unspecified atom stereocenters. The number of ether oxygens (including phenoxy) is 1. The largest absolute Gasteiger partial charge is 0.492 e. The van der Waals surface area contributed by atoms with E-state index in [2.05, 4.69) is 30.4 Å². The molecule has 69 heavy (non-hydrogen) atoms. The van der Waals surface area contributed by atoms with Gasteiger partial charge in [0.25, 0.3) is 23.6 Å². The maximum atomic E-state index is 13.9. The number of carbonyl (C=O) groups excluding carboxylic acids is 6. The van der Waals surface area contributed by atoms with Crippen molar-refractivity contribution in [2.45, 2.75) is 70.4 Å². The number of hydrogen-bond donors (Lipinski definition) is 2. The number of likely N-dealkylation sites (tertiary alicyclic amines) is 1. The van der Waals surface area contributed by atoms with E-state index in [9.17, 15) is 37.2 Å².